The number of aliphatic carboxylic acids is 1. The van der Waals surface area contributed by atoms with Crippen molar-refractivity contribution in [1.82, 2.24) is 10.2 Å². The molecule has 0 fully saturated rings. The highest BCUT2D eigenvalue weighted by molar-refractivity contribution is 5.82. The molecule has 2 amide bonds. The molecule has 0 rings (SSSR count). The van der Waals surface area contributed by atoms with Crippen molar-refractivity contribution in [2.45, 2.75) is 45.7 Å². The summed E-state index contributed by atoms with van der Waals surface area (Å²) >= 11 is 0. The Morgan fingerprint density at radius 2 is 1.82 bits per heavy atom. The minimum absolute atomic E-state index is 0.0168. The zero-order valence-electron chi connectivity index (χ0n) is 10.6. The van der Waals surface area contributed by atoms with Gasteiger partial charge in [-0.25, -0.2) is 4.79 Å². The topological polar surface area (TPSA) is 89.9 Å². The number of carbonyl (C=O) groups is 2. The van der Waals surface area contributed by atoms with Gasteiger partial charge in [-0.3, -0.25) is 4.79 Å². The van der Waals surface area contributed by atoms with E-state index < -0.39 is 18.0 Å². The Kier molecular flexibility index (Phi) is 7.29. The highest BCUT2D eigenvalue weighted by Crippen LogP contribution is 2.08. The van der Waals surface area contributed by atoms with Gasteiger partial charge < -0.3 is 20.4 Å². The number of nitrogens with one attached hydrogen (secondary N) is 1. The van der Waals surface area contributed by atoms with Crippen molar-refractivity contribution in [3.05, 3.63) is 0 Å². The van der Waals surface area contributed by atoms with Crippen molar-refractivity contribution in [3.8, 4) is 0 Å². The first-order chi connectivity index (χ1) is 7.97. The monoisotopic (exact) mass is 246 g/mol. The van der Waals surface area contributed by atoms with Gasteiger partial charge in [0.05, 0.1) is 6.61 Å². The van der Waals surface area contributed by atoms with Gasteiger partial charge in [-0.1, -0.05) is 13.8 Å². The average molecular weight is 246 g/mol. The first kappa shape index (κ1) is 15.7. The van der Waals surface area contributed by atoms with Gasteiger partial charge in [-0.15, -0.1) is 0 Å². The van der Waals surface area contributed by atoms with E-state index in [4.69, 9.17) is 10.2 Å². The number of nitrogens with zero attached hydrogens (tertiary/aromatic N) is 1. The van der Waals surface area contributed by atoms with E-state index in [0.717, 1.165) is 12.8 Å². The molecule has 17 heavy (non-hydrogen) atoms. The summed E-state index contributed by atoms with van der Waals surface area (Å²) < 4.78 is 0. The van der Waals surface area contributed by atoms with E-state index in [2.05, 4.69) is 5.32 Å². The molecule has 0 aliphatic rings. The first-order valence-electron chi connectivity index (χ1n) is 5.88. The van der Waals surface area contributed by atoms with E-state index in [9.17, 15) is 9.59 Å². The smallest absolute Gasteiger partial charge is 0.325 e. The predicted molar refractivity (Wildman–Crippen MR) is 63.8 cm³/mol. The fourth-order valence-corrected chi connectivity index (χ4v) is 1.62. The van der Waals surface area contributed by atoms with Gasteiger partial charge in [0.25, 0.3) is 0 Å². The SMILES string of the molecule is CCC(CC)N(CCO)C(=O)N[C@@H](C)C(=O)O. The van der Waals surface area contributed by atoms with Crippen LogP contribution in [0.3, 0.4) is 0 Å². The van der Waals surface area contributed by atoms with Gasteiger partial charge in [0, 0.05) is 12.6 Å². The number of hydrogen-bond donors (Lipinski definition) is 3. The summed E-state index contributed by atoms with van der Waals surface area (Å²) in [7, 11) is 0. The van der Waals surface area contributed by atoms with Crippen molar-refractivity contribution < 1.29 is 19.8 Å². The zero-order chi connectivity index (χ0) is 13.4. The lowest BCUT2D eigenvalue weighted by atomic mass is 10.1. The van der Waals surface area contributed by atoms with Crippen LogP contribution in [-0.2, 0) is 4.79 Å². The molecule has 0 heterocycles. The fourth-order valence-electron chi connectivity index (χ4n) is 1.62. The molecule has 0 saturated heterocycles. The number of carbonyl (C=O) groups excluding carboxylic acids is 1. The van der Waals surface area contributed by atoms with Crippen LogP contribution in [0.5, 0.6) is 0 Å². The van der Waals surface area contributed by atoms with Crippen LogP contribution in [0.1, 0.15) is 33.6 Å². The van der Waals surface area contributed by atoms with Crippen molar-refractivity contribution in [1.29, 1.82) is 0 Å². The molecular weight excluding hydrogens is 224 g/mol. The lowest BCUT2D eigenvalue weighted by Crippen LogP contribution is -2.51. The minimum Gasteiger partial charge on any atom is -0.480 e. The normalized spacial score (nSPS) is 12.3. The maximum atomic E-state index is 11.8. The highest BCUT2D eigenvalue weighted by atomic mass is 16.4. The standard InChI is InChI=1S/C11H22N2O4/c1-4-9(5-2)13(6-7-14)11(17)12-8(3)10(15)16/h8-9,14H,4-7H2,1-3H3,(H,12,17)(H,15,16)/t8-/m0/s1. The van der Waals surface area contributed by atoms with Crippen molar-refractivity contribution >= 4 is 12.0 Å². The van der Waals surface area contributed by atoms with E-state index in [1.807, 2.05) is 13.8 Å². The second-order valence-corrected chi connectivity index (χ2v) is 3.90. The van der Waals surface area contributed by atoms with E-state index >= 15 is 0 Å². The Labute approximate surface area is 102 Å². The summed E-state index contributed by atoms with van der Waals surface area (Å²) in [5.41, 5.74) is 0. The van der Waals surface area contributed by atoms with E-state index in [1.54, 1.807) is 0 Å². The quantitative estimate of drug-likeness (QED) is 0.615. The molecule has 0 radical (unpaired) electrons. The summed E-state index contributed by atoms with van der Waals surface area (Å²) in [6.07, 6.45) is 1.54. The molecule has 0 aromatic rings. The molecule has 6 heteroatoms. The largest absolute Gasteiger partial charge is 0.480 e. The van der Waals surface area contributed by atoms with Gasteiger partial charge in [0.1, 0.15) is 6.04 Å². The Morgan fingerprint density at radius 1 is 1.29 bits per heavy atom. The predicted octanol–water partition coefficient (Wildman–Crippen LogP) is 0.652. The number of carboxylic acids is 1. The second-order valence-electron chi connectivity index (χ2n) is 3.90. The van der Waals surface area contributed by atoms with Crippen molar-refractivity contribution in [2.75, 3.05) is 13.2 Å². The maximum Gasteiger partial charge on any atom is 0.325 e. The molecule has 3 N–H and O–H groups in total. The number of aliphatic hydroxyl groups is 1. The molecule has 0 spiro atoms. The van der Waals surface area contributed by atoms with E-state index in [-0.39, 0.29) is 19.2 Å². The number of hydrogen-bond acceptors (Lipinski definition) is 3. The Hall–Kier alpha value is -1.30. The number of rotatable bonds is 7. The zero-order valence-corrected chi connectivity index (χ0v) is 10.6. The second kappa shape index (κ2) is 7.89. The molecule has 0 aliphatic carbocycles. The van der Waals surface area contributed by atoms with Crippen LogP contribution in [0, 0.1) is 0 Å². The Balaban J connectivity index is 4.58. The third-order valence-corrected chi connectivity index (χ3v) is 2.70. The van der Waals surface area contributed by atoms with Crippen LogP contribution in [-0.4, -0.2) is 52.3 Å². The van der Waals surface area contributed by atoms with Crippen LogP contribution < -0.4 is 5.32 Å². The first-order valence-corrected chi connectivity index (χ1v) is 5.88. The van der Waals surface area contributed by atoms with E-state index in [1.165, 1.54) is 11.8 Å². The van der Waals surface area contributed by atoms with Crippen LogP contribution in [0.15, 0.2) is 0 Å². The summed E-state index contributed by atoms with van der Waals surface area (Å²) in [4.78, 5) is 24.0. The summed E-state index contributed by atoms with van der Waals surface area (Å²) in [6.45, 7) is 5.39. The maximum absolute atomic E-state index is 11.8. The van der Waals surface area contributed by atoms with Crippen LogP contribution in [0.25, 0.3) is 0 Å². The fraction of sp³-hybridized carbons (Fsp3) is 0.818. The van der Waals surface area contributed by atoms with Crippen LogP contribution >= 0.6 is 0 Å². The van der Waals surface area contributed by atoms with Gasteiger partial charge in [0.15, 0.2) is 0 Å². The van der Waals surface area contributed by atoms with Gasteiger partial charge >= 0.3 is 12.0 Å². The third-order valence-electron chi connectivity index (χ3n) is 2.70. The molecular formula is C11H22N2O4. The molecule has 1 atom stereocenters. The van der Waals surface area contributed by atoms with Crippen LogP contribution in [0.2, 0.25) is 0 Å². The highest BCUT2D eigenvalue weighted by Gasteiger charge is 2.23. The summed E-state index contributed by atoms with van der Waals surface area (Å²) in [6, 6.07) is -1.36. The van der Waals surface area contributed by atoms with Gasteiger partial charge in [-0.05, 0) is 19.8 Å². The molecule has 100 valence electrons. The molecule has 0 aromatic heterocycles. The average Bonchev–Trinajstić information content (AvgIpc) is 2.29. The molecule has 0 aliphatic heterocycles. The summed E-state index contributed by atoms with van der Waals surface area (Å²) in [5.74, 6) is -1.08. The lowest BCUT2D eigenvalue weighted by molar-refractivity contribution is -0.138. The van der Waals surface area contributed by atoms with E-state index in [0.29, 0.717) is 0 Å². The number of carboxylic acid groups (broad SMARTS) is 1. The van der Waals surface area contributed by atoms with Crippen molar-refractivity contribution in [3.63, 3.8) is 0 Å². The summed E-state index contributed by atoms with van der Waals surface area (Å²) in [5, 5.41) is 20.0. The molecule has 0 aromatic carbocycles. The molecule has 0 bridgehead atoms. The van der Waals surface area contributed by atoms with Gasteiger partial charge in [0.2, 0.25) is 0 Å². The third kappa shape index (κ3) is 5.04. The number of urea groups is 1. The van der Waals surface area contributed by atoms with Crippen molar-refractivity contribution in [2.24, 2.45) is 0 Å². The molecule has 0 saturated carbocycles. The number of amides is 2. The molecule has 0 unspecified atom stereocenters. The van der Waals surface area contributed by atoms with Gasteiger partial charge in [-0.2, -0.15) is 0 Å². The number of aliphatic hydroxyl groups excluding tert-OH is 1. The Bertz CT molecular complexity index is 254. The van der Waals surface area contributed by atoms with Crippen LogP contribution in [0.4, 0.5) is 4.79 Å². The Morgan fingerprint density at radius 3 is 2.18 bits per heavy atom. The lowest BCUT2D eigenvalue weighted by Gasteiger charge is -2.30. The molecule has 6 nitrogen and oxygen atoms in total. The minimum atomic E-state index is -1.08.